The Hall–Kier alpha value is -3.02. The Morgan fingerprint density at radius 2 is 1.92 bits per heavy atom. The van der Waals surface area contributed by atoms with Crippen LogP contribution in [0, 0.1) is 0 Å². The fourth-order valence-corrected chi connectivity index (χ4v) is 2.74. The van der Waals surface area contributed by atoms with Crippen molar-refractivity contribution in [2.45, 2.75) is 19.8 Å². The van der Waals surface area contributed by atoms with Gasteiger partial charge in [-0.05, 0) is 49.2 Å². The quantitative estimate of drug-likeness (QED) is 0.610. The van der Waals surface area contributed by atoms with Crippen molar-refractivity contribution >= 4 is 17.6 Å². The fraction of sp³-hybridized carbons (Fsp3) is 0.300. The predicted octanol–water partition coefficient (Wildman–Crippen LogP) is 3.21. The summed E-state index contributed by atoms with van der Waals surface area (Å²) in [5.41, 5.74) is 2.27. The largest absolute Gasteiger partial charge is 0.493 e. The van der Waals surface area contributed by atoms with Crippen molar-refractivity contribution in [3.63, 3.8) is 0 Å². The average Bonchev–Trinajstić information content (AvgIpc) is 2.66. The molecule has 2 aromatic rings. The van der Waals surface area contributed by atoms with Gasteiger partial charge in [0, 0.05) is 12.1 Å². The van der Waals surface area contributed by atoms with Gasteiger partial charge in [-0.1, -0.05) is 12.1 Å². The summed E-state index contributed by atoms with van der Waals surface area (Å²) in [7, 11) is 0. The van der Waals surface area contributed by atoms with Gasteiger partial charge in [0.2, 0.25) is 5.91 Å². The Morgan fingerprint density at radius 1 is 1.08 bits per heavy atom. The third-order valence-electron chi connectivity index (χ3n) is 3.96. The number of carbonyl (C=O) groups excluding carboxylic acids is 2. The van der Waals surface area contributed by atoms with Gasteiger partial charge < -0.3 is 19.5 Å². The fourth-order valence-electron chi connectivity index (χ4n) is 2.74. The number of fused-ring (bicyclic) bond motifs is 1. The molecule has 0 saturated carbocycles. The van der Waals surface area contributed by atoms with E-state index in [1.807, 2.05) is 25.1 Å². The van der Waals surface area contributed by atoms with Crippen LogP contribution in [0.3, 0.4) is 0 Å². The minimum atomic E-state index is -0.439. The minimum Gasteiger partial charge on any atom is -0.493 e. The highest BCUT2D eigenvalue weighted by Crippen LogP contribution is 2.26. The number of carbonyl (C=O) groups is 2. The summed E-state index contributed by atoms with van der Waals surface area (Å²) in [6.45, 7) is 2.72. The second-order valence-corrected chi connectivity index (χ2v) is 5.78. The lowest BCUT2D eigenvalue weighted by Crippen LogP contribution is -2.19. The molecule has 0 spiro atoms. The monoisotopic (exact) mass is 355 g/mol. The third kappa shape index (κ3) is 4.33. The van der Waals surface area contributed by atoms with Gasteiger partial charge in [-0.25, -0.2) is 4.79 Å². The molecule has 136 valence electrons. The molecule has 0 saturated heterocycles. The molecule has 3 rings (SSSR count). The van der Waals surface area contributed by atoms with Crippen molar-refractivity contribution in [1.82, 2.24) is 0 Å². The van der Waals surface area contributed by atoms with Gasteiger partial charge >= 0.3 is 5.97 Å². The van der Waals surface area contributed by atoms with E-state index in [2.05, 4.69) is 5.32 Å². The zero-order chi connectivity index (χ0) is 18.4. The van der Waals surface area contributed by atoms with Crippen LogP contribution in [0.1, 0.15) is 29.3 Å². The third-order valence-corrected chi connectivity index (χ3v) is 3.96. The lowest BCUT2D eigenvalue weighted by molar-refractivity contribution is -0.116. The lowest BCUT2D eigenvalue weighted by Gasteiger charge is -2.17. The Morgan fingerprint density at radius 3 is 2.77 bits per heavy atom. The van der Waals surface area contributed by atoms with Gasteiger partial charge in [0.25, 0.3) is 0 Å². The number of aryl methyl sites for hydroxylation is 1. The summed E-state index contributed by atoms with van der Waals surface area (Å²) in [6.07, 6.45) is 1.18. The van der Waals surface area contributed by atoms with E-state index in [0.29, 0.717) is 36.5 Å². The predicted molar refractivity (Wildman–Crippen MR) is 96.8 cm³/mol. The van der Waals surface area contributed by atoms with E-state index in [-0.39, 0.29) is 19.1 Å². The van der Waals surface area contributed by atoms with Crippen LogP contribution in [0.25, 0.3) is 0 Å². The van der Waals surface area contributed by atoms with Gasteiger partial charge in [0.05, 0.1) is 6.61 Å². The van der Waals surface area contributed by atoms with Crippen LogP contribution >= 0.6 is 0 Å². The topological polar surface area (TPSA) is 73.9 Å². The van der Waals surface area contributed by atoms with Crippen molar-refractivity contribution in [3.8, 4) is 11.5 Å². The first-order valence-electron chi connectivity index (χ1n) is 8.62. The summed E-state index contributed by atoms with van der Waals surface area (Å²) < 4.78 is 16.3. The molecule has 0 aromatic heterocycles. The maximum absolute atomic E-state index is 12.2. The molecular formula is C20H21NO5. The molecule has 1 aliphatic heterocycles. The molecule has 0 unspecified atom stereocenters. The molecule has 0 bridgehead atoms. The highest BCUT2D eigenvalue weighted by atomic mass is 16.6. The standard InChI is InChI=1S/C20H21NO5/c1-2-24-18-6-4-3-5-16(18)20(23)26-12-11-25-15-8-9-17-14(13-15)7-10-19(22)21-17/h3-6,8-9,13H,2,7,10-12H2,1H3,(H,21,22). The molecule has 0 radical (unpaired) electrons. The minimum absolute atomic E-state index is 0.0328. The highest BCUT2D eigenvalue weighted by molar-refractivity contribution is 5.94. The molecule has 0 fully saturated rings. The summed E-state index contributed by atoms with van der Waals surface area (Å²) in [5.74, 6) is 0.791. The van der Waals surface area contributed by atoms with Crippen molar-refractivity contribution in [1.29, 1.82) is 0 Å². The van der Waals surface area contributed by atoms with E-state index in [1.165, 1.54) is 0 Å². The number of rotatable bonds is 7. The summed E-state index contributed by atoms with van der Waals surface area (Å²) >= 11 is 0. The van der Waals surface area contributed by atoms with E-state index in [4.69, 9.17) is 14.2 Å². The van der Waals surface area contributed by atoms with Crippen molar-refractivity contribution in [3.05, 3.63) is 53.6 Å². The second-order valence-electron chi connectivity index (χ2n) is 5.78. The van der Waals surface area contributed by atoms with Crippen LogP contribution in [0.2, 0.25) is 0 Å². The van der Waals surface area contributed by atoms with Gasteiger partial charge in [0.15, 0.2) is 0 Å². The molecule has 1 amide bonds. The zero-order valence-electron chi connectivity index (χ0n) is 14.6. The Kier molecular flexibility index (Phi) is 5.73. The Balaban J connectivity index is 1.50. The van der Waals surface area contributed by atoms with E-state index >= 15 is 0 Å². The van der Waals surface area contributed by atoms with Crippen molar-refractivity contribution in [2.75, 3.05) is 25.1 Å². The lowest BCUT2D eigenvalue weighted by atomic mass is 10.0. The molecule has 1 heterocycles. The van der Waals surface area contributed by atoms with E-state index < -0.39 is 5.97 Å². The molecular weight excluding hydrogens is 334 g/mol. The number of hydrogen-bond donors (Lipinski definition) is 1. The SMILES string of the molecule is CCOc1ccccc1C(=O)OCCOc1ccc2c(c1)CCC(=O)N2. The van der Waals surface area contributed by atoms with Crippen LogP contribution in [0.4, 0.5) is 5.69 Å². The van der Waals surface area contributed by atoms with Crippen LogP contribution in [-0.4, -0.2) is 31.7 Å². The normalized spacial score (nSPS) is 12.7. The molecule has 26 heavy (non-hydrogen) atoms. The number of nitrogens with one attached hydrogen (secondary N) is 1. The number of para-hydroxylation sites is 1. The maximum Gasteiger partial charge on any atom is 0.342 e. The molecule has 0 atom stereocenters. The molecule has 2 aromatic carbocycles. The first-order chi connectivity index (χ1) is 12.7. The van der Waals surface area contributed by atoms with Crippen molar-refractivity contribution < 1.29 is 23.8 Å². The Labute approximate surface area is 152 Å². The van der Waals surface area contributed by atoms with Gasteiger partial charge in [-0.3, -0.25) is 4.79 Å². The van der Waals surface area contributed by atoms with Gasteiger partial charge in [0.1, 0.15) is 30.3 Å². The first kappa shape index (κ1) is 17.8. The Bertz CT molecular complexity index is 803. The van der Waals surface area contributed by atoms with Crippen LogP contribution in [0.15, 0.2) is 42.5 Å². The number of ether oxygens (including phenoxy) is 3. The first-order valence-corrected chi connectivity index (χ1v) is 8.62. The number of amides is 1. The van der Waals surface area contributed by atoms with E-state index in [1.54, 1.807) is 24.3 Å². The number of esters is 1. The van der Waals surface area contributed by atoms with Crippen LogP contribution < -0.4 is 14.8 Å². The van der Waals surface area contributed by atoms with E-state index in [0.717, 1.165) is 11.3 Å². The number of anilines is 1. The average molecular weight is 355 g/mol. The summed E-state index contributed by atoms with van der Waals surface area (Å²) in [5, 5.41) is 2.83. The van der Waals surface area contributed by atoms with Crippen LogP contribution in [-0.2, 0) is 16.0 Å². The number of benzene rings is 2. The van der Waals surface area contributed by atoms with Crippen molar-refractivity contribution in [2.24, 2.45) is 0 Å². The molecule has 1 N–H and O–H groups in total. The van der Waals surface area contributed by atoms with Crippen LogP contribution in [0.5, 0.6) is 11.5 Å². The second kappa shape index (κ2) is 8.38. The summed E-state index contributed by atoms with van der Waals surface area (Å²) in [6, 6.07) is 12.5. The highest BCUT2D eigenvalue weighted by Gasteiger charge is 2.15. The van der Waals surface area contributed by atoms with E-state index in [9.17, 15) is 9.59 Å². The molecule has 1 aliphatic rings. The molecule has 6 nitrogen and oxygen atoms in total. The zero-order valence-corrected chi connectivity index (χ0v) is 14.6. The van der Waals surface area contributed by atoms with Gasteiger partial charge in [-0.2, -0.15) is 0 Å². The maximum atomic E-state index is 12.2. The summed E-state index contributed by atoms with van der Waals surface area (Å²) in [4.78, 5) is 23.5. The molecule has 0 aliphatic carbocycles. The smallest absolute Gasteiger partial charge is 0.342 e. The molecule has 6 heteroatoms. The number of hydrogen-bond acceptors (Lipinski definition) is 5. The van der Waals surface area contributed by atoms with Gasteiger partial charge in [-0.15, -0.1) is 0 Å².